The quantitative estimate of drug-likeness (QED) is 0.696. The fourth-order valence-corrected chi connectivity index (χ4v) is 3.59. The van der Waals surface area contributed by atoms with E-state index < -0.39 is 0 Å². The highest BCUT2D eigenvalue weighted by Gasteiger charge is 2.21. The number of hydrogen-bond acceptors (Lipinski definition) is 3. The number of rotatable bonds is 4. The maximum absolute atomic E-state index is 12.3. The second-order valence-corrected chi connectivity index (χ2v) is 7.12. The average molecular weight is 413 g/mol. The largest absolute Gasteiger partial charge is 0.450 e. The van der Waals surface area contributed by atoms with Crippen molar-refractivity contribution in [1.82, 2.24) is 5.32 Å². The number of fused-ring (bicyclic) bond motifs is 1. The third-order valence-corrected chi connectivity index (χ3v) is 5.12. The lowest BCUT2D eigenvalue weighted by atomic mass is 10.2. The van der Waals surface area contributed by atoms with Crippen LogP contribution in [0.2, 0.25) is 0 Å². The molecule has 1 saturated heterocycles. The second kappa shape index (κ2) is 6.96. The smallest absolute Gasteiger partial charge is 0.287 e. The molecule has 0 saturated carbocycles. The maximum Gasteiger partial charge on any atom is 0.287 e. The molecular weight excluding hydrogens is 396 g/mol. The SMILES string of the molecule is O=C(NCc1ccc(N2CCCC2=O)cc1)c1cc2cccc(Br)c2o1. The van der Waals surface area contributed by atoms with Crippen LogP contribution in [-0.2, 0) is 11.3 Å². The number of furan rings is 1. The third-order valence-electron chi connectivity index (χ3n) is 4.49. The summed E-state index contributed by atoms with van der Waals surface area (Å²) in [6.45, 7) is 1.17. The number of halogens is 1. The second-order valence-electron chi connectivity index (χ2n) is 6.27. The van der Waals surface area contributed by atoms with Crippen molar-refractivity contribution in [2.24, 2.45) is 0 Å². The van der Waals surface area contributed by atoms with E-state index in [1.165, 1.54) is 0 Å². The van der Waals surface area contributed by atoms with Crippen molar-refractivity contribution in [3.05, 3.63) is 64.3 Å². The molecule has 4 rings (SSSR count). The highest BCUT2D eigenvalue weighted by Crippen LogP contribution is 2.27. The molecule has 0 radical (unpaired) electrons. The lowest BCUT2D eigenvalue weighted by Crippen LogP contribution is -2.24. The Kier molecular flexibility index (Phi) is 4.51. The highest BCUT2D eigenvalue weighted by atomic mass is 79.9. The molecule has 1 fully saturated rings. The van der Waals surface area contributed by atoms with E-state index in [0.717, 1.165) is 34.1 Å². The van der Waals surface area contributed by atoms with Crippen molar-refractivity contribution in [1.29, 1.82) is 0 Å². The molecule has 2 heterocycles. The molecule has 26 heavy (non-hydrogen) atoms. The van der Waals surface area contributed by atoms with E-state index >= 15 is 0 Å². The summed E-state index contributed by atoms with van der Waals surface area (Å²) in [4.78, 5) is 25.9. The lowest BCUT2D eigenvalue weighted by Gasteiger charge is -2.16. The first-order valence-electron chi connectivity index (χ1n) is 8.47. The van der Waals surface area contributed by atoms with Crippen LogP contribution < -0.4 is 10.2 Å². The Morgan fingerprint density at radius 3 is 2.69 bits per heavy atom. The number of nitrogens with zero attached hydrogens (tertiary/aromatic N) is 1. The van der Waals surface area contributed by atoms with Gasteiger partial charge in [-0.1, -0.05) is 24.3 Å². The monoisotopic (exact) mass is 412 g/mol. The first-order chi connectivity index (χ1) is 12.6. The fourth-order valence-electron chi connectivity index (χ4n) is 3.12. The van der Waals surface area contributed by atoms with E-state index in [1.54, 1.807) is 11.0 Å². The Labute approximate surface area is 159 Å². The Balaban J connectivity index is 1.42. The molecule has 2 aromatic carbocycles. The van der Waals surface area contributed by atoms with Crippen LogP contribution in [0.15, 0.2) is 57.4 Å². The summed E-state index contributed by atoms with van der Waals surface area (Å²) in [6.07, 6.45) is 1.52. The fraction of sp³-hybridized carbons (Fsp3) is 0.200. The predicted molar refractivity (Wildman–Crippen MR) is 103 cm³/mol. The Hall–Kier alpha value is -2.60. The van der Waals surface area contributed by atoms with Crippen LogP contribution >= 0.6 is 15.9 Å². The van der Waals surface area contributed by atoms with Gasteiger partial charge in [0.25, 0.3) is 5.91 Å². The maximum atomic E-state index is 12.3. The number of carbonyl (C=O) groups is 2. The standard InChI is InChI=1S/C20H17BrN2O3/c21-16-4-1-3-14-11-17(26-19(14)16)20(25)22-12-13-6-8-15(9-7-13)23-10-2-5-18(23)24/h1,3-4,6-9,11H,2,5,10,12H2,(H,22,25). The van der Waals surface area contributed by atoms with Crippen molar-refractivity contribution in [2.45, 2.75) is 19.4 Å². The minimum absolute atomic E-state index is 0.169. The van der Waals surface area contributed by atoms with Gasteiger partial charge in [0.05, 0.1) is 4.47 Å². The Morgan fingerprint density at radius 1 is 1.19 bits per heavy atom. The molecular formula is C20H17BrN2O3. The summed E-state index contributed by atoms with van der Waals surface area (Å²) in [6, 6.07) is 15.1. The van der Waals surface area contributed by atoms with Gasteiger partial charge < -0.3 is 14.6 Å². The van der Waals surface area contributed by atoms with Gasteiger partial charge >= 0.3 is 0 Å². The van der Waals surface area contributed by atoms with Crippen LogP contribution in [-0.4, -0.2) is 18.4 Å². The number of hydrogen-bond donors (Lipinski definition) is 1. The summed E-state index contributed by atoms with van der Waals surface area (Å²) in [7, 11) is 0. The van der Waals surface area contributed by atoms with E-state index in [-0.39, 0.29) is 17.6 Å². The topological polar surface area (TPSA) is 62.6 Å². The van der Waals surface area contributed by atoms with Gasteiger partial charge in [0.15, 0.2) is 5.76 Å². The van der Waals surface area contributed by atoms with E-state index in [9.17, 15) is 9.59 Å². The van der Waals surface area contributed by atoms with Gasteiger partial charge in [-0.05, 0) is 52.2 Å². The summed E-state index contributed by atoms with van der Waals surface area (Å²) in [5.41, 5.74) is 2.54. The molecule has 0 spiro atoms. The molecule has 3 aromatic rings. The van der Waals surface area contributed by atoms with Gasteiger partial charge in [0.2, 0.25) is 5.91 Å². The average Bonchev–Trinajstić information content (AvgIpc) is 3.27. The molecule has 0 aliphatic carbocycles. The minimum Gasteiger partial charge on any atom is -0.450 e. The molecule has 132 valence electrons. The number of amides is 2. The third kappa shape index (κ3) is 3.24. The molecule has 0 atom stereocenters. The molecule has 1 aromatic heterocycles. The molecule has 0 unspecified atom stereocenters. The summed E-state index contributed by atoms with van der Waals surface area (Å²) in [5.74, 6) is 0.195. The lowest BCUT2D eigenvalue weighted by molar-refractivity contribution is -0.117. The summed E-state index contributed by atoms with van der Waals surface area (Å²) < 4.78 is 6.46. The van der Waals surface area contributed by atoms with Crippen molar-refractivity contribution in [2.75, 3.05) is 11.4 Å². The van der Waals surface area contributed by atoms with Gasteiger partial charge in [-0.3, -0.25) is 9.59 Å². The van der Waals surface area contributed by atoms with E-state index in [2.05, 4.69) is 21.2 Å². The van der Waals surface area contributed by atoms with Crippen LogP contribution in [0.25, 0.3) is 11.0 Å². The van der Waals surface area contributed by atoms with Crippen LogP contribution in [0.3, 0.4) is 0 Å². The van der Waals surface area contributed by atoms with Crippen molar-refractivity contribution < 1.29 is 14.0 Å². The molecule has 1 N–H and O–H groups in total. The number of para-hydroxylation sites is 1. The van der Waals surface area contributed by atoms with Crippen molar-refractivity contribution in [3.8, 4) is 0 Å². The van der Waals surface area contributed by atoms with Crippen molar-refractivity contribution >= 4 is 44.4 Å². The molecule has 1 aliphatic rings. The van der Waals surface area contributed by atoms with E-state index in [4.69, 9.17) is 4.42 Å². The molecule has 5 nitrogen and oxygen atoms in total. The van der Waals surface area contributed by atoms with Gasteiger partial charge in [-0.25, -0.2) is 0 Å². The molecule has 2 amide bonds. The zero-order valence-electron chi connectivity index (χ0n) is 14.0. The minimum atomic E-state index is -0.258. The first kappa shape index (κ1) is 16.8. The van der Waals surface area contributed by atoms with Gasteiger partial charge in [0, 0.05) is 30.6 Å². The highest BCUT2D eigenvalue weighted by molar-refractivity contribution is 9.10. The molecule has 1 aliphatic heterocycles. The molecule has 0 bridgehead atoms. The van der Waals surface area contributed by atoms with Crippen LogP contribution in [0.5, 0.6) is 0 Å². The van der Waals surface area contributed by atoms with Crippen LogP contribution in [0.1, 0.15) is 29.0 Å². The number of carbonyl (C=O) groups excluding carboxylic acids is 2. The first-order valence-corrected chi connectivity index (χ1v) is 9.27. The Bertz CT molecular complexity index is 978. The van der Waals surface area contributed by atoms with Gasteiger partial charge in [-0.2, -0.15) is 0 Å². The normalized spacial score (nSPS) is 14.2. The Morgan fingerprint density at radius 2 is 2.00 bits per heavy atom. The van der Waals surface area contributed by atoms with E-state index in [0.29, 0.717) is 18.5 Å². The van der Waals surface area contributed by atoms with Crippen LogP contribution in [0, 0.1) is 0 Å². The number of benzene rings is 2. The molecule has 6 heteroatoms. The summed E-state index contributed by atoms with van der Waals surface area (Å²) >= 11 is 3.42. The van der Waals surface area contributed by atoms with Gasteiger partial charge in [-0.15, -0.1) is 0 Å². The van der Waals surface area contributed by atoms with Crippen molar-refractivity contribution in [3.63, 3.8) is 0 Å². The van der Waals surface area contributed by atoms with Crippen LogP contribution in [0.4, 0.5) is 5.69 Å². The number of nitrogens with one attached hydrogen (secondary N) is 1. The zero-order valence-corrected chi connectivity index (χ0v) is 15.6. The predicted octanol–water partition coefficient (Wildman–Crippen LogP) is 4.25. The number of anilines is 1. The summed E-state index contributed by atoms with van der Waals surface area (Å²) in [5, 5.41) is 3.74. The zero-order chi connectivity index (χ0) is 18.1. The van der Waals surface area contributed by atoms with Gasteiger partial charge in [0.1, 0.15) is 5.58 Å². The van der Waals surface area contributed by atoms with E-state index in [1.807, 2.05) is 42.5 Å².